The van der Waals surface area contributed by atoms with Crippen LogP contribution in [0.15, 0.2) is 10.5 Å². The van der Waals surface area contributed by atoms with E-state index in [-0.39, 0.29) is 12.6 Å². The number of esters is 1. The molecule has 0 bridgehead atoms. The molecule has 1 heterocycles. The molecule has 1 aromatic heterocycles. The quantitative estimate of drug-likeness (QED) is 0.845. The topological polar surface area (TPSA) is 61.5 Å². The van der Waals surface area contributed by atoms with Crippen LogP contribution in [0.1, 0.15) is 15.8 Å². The number of carbonyl (C=O) groups is 1. The molecule has 2 N–H and O–H groups in total. The van der Waals surface area contributed by atoms with E-state index in [1.54, 1.807) is 11.3 Å². The van der Waals surface area contributed by atoms with Crippen molar-refractivity contribution in [2.75, 3.05) is 20.3 Å². The fourth-order valence-electron chi connectivity index (χ4n) is 1.16. The van der Waals surface area contributed by atoms with Gasteiger partial charge in [0.25, 0.3) is 0 Å². The van der Waals surface area contributed by atoms with Crippen molar-refractivity contribution in [1.82, 2.24) is 0 Å². The van der Waals surface area contributed by atoms with Gasteiger partial charge in [0.2, 0.25) is 0 Å². The minimum absolute atomic E-state index is 0.0633. The van der Waals surface area contributed by atoms with Gasteiger partial charge in [-0.05, 0) is 28.9 Å². The van der Waals surface area contributed by atoms with E-state index in [4.69, 9.17) is 10.5 Å². The number of ether oxygens (including phenoxy) is 2. The minimum atomic E-state index is -0.395. The Morgan fingerprint density at radius 2 is 2.38 bits per heavy atom. The molecule has 0 radical (unpaired) electrons. The zero-order valence-electron chi connectivity index (χ0n) is 9.16. The number of rotatable bonds is 5. The maximum Gasteiger partial charge on any atom is 0.331 e. The van der Waals surface area contributed by atoms with Gasteiger partial charge < -0.3 is 15.2 Å². The lowest BCUT2D eigenvalue weighted by Crippen LogP contribution is -2.19. The van der Waals surface area contributed by atoms with E-state index >= 15 is 0 Å². The third-order valence-electron chi connectivity index (χ3n) is 1.92. The van der Waals surface area contributed by atoms with Gasteiger partial charge in [0.05, 0.1) is 19.8 Å². The van der Waals surface area contributed by atoms with E-state index in [0.717, 1.165) is 9.35 Å². The summed E-state index contributed by atoms with van der Waals surface area (Å²) in [6, 6.07) is 1.79. The second kappa shape index (κ2) is 6.34. The SMILES string of the molecule is COC(=O)COCC(N)c1sc(C)cc1Br. The number of carbonyl (C=O) groups excluding carboxylic acids is 1. The van der Waals surface area contributed by atoms with Crippen molar-refractivity contribution in [3.63, 3.8) is 0 Å². The lowest BCUT2D eigenvalue weighted by molar-refractivity contribution is -0.146. The normalized spacial score (nSPS) is 12.5. The Kier molecular flexibility index (Phi) is 5.40. The number of hydrogen-bond donors (Lipinski definition) is 1. The molecular formula is C10H14BrNO3S. The highest BCUT2D eigenvalue weighted by Crippen LogP contribution is 2.31. The van der Waals surface area contributed by atoms with Gasteiger partial charge in [-0.15, -0.1) is 11.3 Å². The first-order valence-corrected chi connectivity index (χ1v) is 6.31. The number of aryl methyl sites for hydroxylation is 1. The first-order valence-electron chi connectivity index (χ1n) is 4.70. The summed E-state index contributed by atoms with van der Waals surface area (Å²) in [6.45, 7) is 2.25. The van der Waals surface area contributed by atoms with Crippen LogP contribution in [0.25, 0.3) is 0 Å². The molecule has 0 saturated heterocycles. The van der Waals surface area contributed by atoms with Crippen molar-refractivity contribution in [1.29, 1.82) is 0 Å². The third-order valence-corrected chi connectivity index (χ3v) is 4.02. The van der Waals surface area contributed by atoms with Gasteiger partial charge in [0, 0.05) is 14.2 Å². The average molecular weight is 308 g/mol. The molecule has 0 amide bonds. The summed E-state index contributed by atoms with van der Waals surface area (Å²) in [5.41, 5.74) is 5.94. The summed E-state index contributed by atoms with van der Waals surface area (Å²) < 4.78 is 10.6. The molecular weight excluding hydrogens is 294 g/mol. The number of halogens is 1. The maximum absolute atomic E-state index is 10.8. The summed E-state index contributed by atoms with van der Waals surface area (Å²) in [6.07, 6.45) is 0. The lowest BCUT2D eigenvalue weighted by Gasteiger charge is -2.10. The Morgan fingerprint density at radius 1 is 1.69 bits per heavy atom. The van der Waals surface area contributed by atoms with E-state index in [1.807, 2.05) is 13.0 Å². The molecule has 0 aliphatic carbocycles. The van der Waals surface area contributed by atoms with Crippen LogP contribution in [0.4, 0.5) is 0 Å². The second-order valence-corrected chi connectivity index (χ2v) is 5.41. The maximum atomic E-state index is 10.8. The van der Waals surface area contributed by atoms with Crippen molar-refractivity contribution >= 4 is 33.2 Å². The van der Waals surface area contributed by atoms with Gasteiger partial charge in [-0.1, -0.05) is 0 Å². The van der Waals surface area contributed by atoms with Crippen molar-refractivity contribution in [2.45, 2.75) is 13.0 Å². The number of thiophene rings is 1. The number of methoxy groups -OCH3 is 1. The van der Waals surface area contributed by atoms with Crippen molar-refractivity contribution in [3.05, 3.63) is 20.3 Å². The highest BCUT2D eigenvalue weighted by Gasteiger charge is 2.13. The predicted molar refractivity (Wildman–Crippen MR) is 66.5 cm³/mol. The standard InChI is InChI=1S/C10H14BrNO3S/c1-6-3-7(11)10(16-6)8(12)4-15-5-9(13)14-2/h3,8H,4-5,12H2,1-2H3. The molecule has 1 rings (SSSR count). The Hall–Kier alpha value is -0.430. The molecule has 0 spiro atoms. The first kappa shape index (κ1) is 13.6. The summed E-state index contributed by atoms with van der Waals surface area (Å²) in [5, 5.41) is 0. The van der Waals surface area contributed by atoms with Gasteiger partial charge in [0.1, 0.15) is 6.61 Å². The fraction of sp³-hybridized carbons (Fsp3) is 0.500. The molecule has 0 fully saturated rings. The smallest absolute Gasteiger partial charge is 0.331 e. The van der Waals surface area contributed by atoms with Crippen LogP contribution in [0, 0.1) is 6.92 Å². The zero-order valence-corrected chi connectivity index (χ0v) is 11.6. The summed E-state index contributed by atoms with van der Waals surface area (Å²) in [7, 11) is 1.32. The molecule has 0 aromatic carbocycles. The van der Waals surface area contributed by atoms with Gasteiger partial charge >= 0.3 is 5.97 Å². The lowest BCUT2D eigenvalue weighted by atomic mass is 10.3. The Bertz CT molecular complexity index is 367. The van der Waals surface area contributed by atoms with E-state index in [0.29, 0.717) is 6.61 Å². The Labute approximate surface area is 107 Å². The van der Waals surface area contributed by atoms with Crippen LogP contribution in [0.5, 0.6) is 0 Å². The van der Waals surface area contributed by atoms with Crippen LogP contribution in [0.2, 0.25) is 0 Å². The van der Waals surface area contributed by atoms with E-state index in [2.05, 4.69) is 20.7 Å². The number of hydrogen-bond acceptors (Lipinski definition) is 5. The highest BCUT2D eigenvalue weighted by molar-refractivity contribution is 9.10. The number of nitrogens with two attached hydrogens (primary N) is 1. The largest absolute Gasteiger partial charge is 0.467 e. The molecule has 16 heavy (non-hydrogen) atoms. The second-order valence-electron chi connectivity index (χ2n) is 3.27. The van der Waals surface area contributed by atoms with Crippen LogP contribution >= 0.6 is 27.3 Å². The molecule has 0 saturated carbocycles. The fourth-order valence-corrected chi connectivity index (χ4v) is 3.09. The van der Waals surface area contributed by atoms with Crippen LogP contribution < -0.4 is 5.73 Å². The first-order chi connectivity index (χ1) is 7.54. The molecule has 90 valence electrons. The Balaban J connectivity index is 2.43. The minimum Gasteiger partial charge on any atom is -0.467 e. The van der Waals surface area contributed by atoms with Gasteiger partial charge in [-0.3, -0.25) is 0 Å². The molecule has 1 aromatic rings. The van der Waals surface area contributed by atoms with Crippen LogP contribution in [-0.4, -0.2) is 26.3 Å². The van der Waals surface area contributed by atoms with Crippen molar-refractivity contribution < 1.29 is 14.3 Å². The van der Waals surface area contributed by atoms with E-state index in [9.17, 15) is 4.79 Å². The van der Waals surface area contributed by atoms with Crippen LogP contribution in [-0.2, 0) is 14.3 Å². The summed E-state index contributed by atoms with van der Waals surface area (Å²) >= 11 is 5.05. The van der Waals surface area contributed by atoms with Crippen LogP contribution in [0.3, 0.4) is 0 Å². The summed E-state index contributed by atoms with van der Waals surface area (Å²) in [5.74, 6) is -0.395. The summed E-state index contributed by atoms with van der Waals surface area (Å²) in [4.78, 5) is 13.0. The highest BCUT2D eigenvalue weighted by atomic mass is 79.9. The third kappa shape index (κ3) is 3.86. The molecule has 1 atom stereocenters. The molecule has 4 nitrogen and oxygen atoms in total. The monoisotopic (exact) mass is 307 g/mol. The van der Waals surface area contributed by atoms with Gasteiger partial charge in [-0.2, -0.15) is 0 Å². The molecule has 1 unspecified atom stereocenters. The molecule has 0 aliphatic heterocycles. The van der Waals surface area contributed by atoms with Crippen molar-refractivity contribution in [2.24, 2.45) is 5.73 Å². The predicted octanol–water partition coefficient (Wildman–Crippen LogP) is 2.01. The zero-order chi connectivity index (χ0) is 12.1. The molecule has 0 aliphatic rings. The van der Waals surface area contributed by atoms with E-state index in [1.165, 1.54) is 12.0 Å². The molecule has 6 heteroatoms. The van der Waals surface area contributed by atoms with E-state index < -0.39 is 5.97 Å². The van der Waals surface area contributed by atoms with Crippen molar-refractivity contribution in [3.8, 4) is 0 Å². The van der Waals surface area contributed by atoms with Gasteiger partial charge in [-0.25, -0.2) is 4.79 Å². The Morgan fingerprint density at radius 3 is 2.88 bits per heavy atom. The van der Waals surface area contributed by atoms with Gasteiger partial charge in [0.15, 0.2) is 0 Å². The average Bonchev–Trinajstić information content (AvgIpc) is 2.57.